The number of benzene rings is 3. The average molecular weight is 639 g/mol. The van der Waals surface area contributed by atoms with E-state index in [1.54, 1.807) is 41.6 Å². The molecule has 0 N–H and O–H groups in total. The molecular weight excluding hydrogens is 599 g/mol. The second-order valence-electron chi connectivity index (χ2n) is 11.9. The molecule has 0 spiro atoms. The van der Waals surface area contributed by atoms with Gasteiger partial charge in [0, 0.05) is 12.1 Å². The van der Waals surface area contributed by atoms with Crippen LogP contribution in [0.5, 0.6) is 0 Å². The summed E-state index contributed by atoms with van der Waals surface area (Å²) >= 11 is 6.31. The van der Waals surface area contributed by atoms with Crippen molar-refractivity contribution in [1.29, 1.82) is 0 Å². The average Bonchev–Trinajstić information content (AvgIpc) is 3.00. The molecule has 0 aromatic heterocycles. The van der Waals surface area contributed by atoms with Crippen LogP contribution in [0.15, 0.2) is 65.6 Å². The Labute approximate surface area is 265 Å². The van der Waals surface area contributed by atoms with Gasteiger partial charge in [-0.3, -0.25) is 9.10 Å². The van der Waals surface area contributed by atoms with Gasteiger partial charge in [0.1, 0.15) is 5.82 Å². The first kappa shape index (κ1) is 32.2. The summed E-state index contributed by atoms with van der Waals surface area (Å²) in [5.74, 6) is -0.413. The Hall–Kier alpha value is -3.20. The Balaban J connectivity index is 1.40. The van der Waals surface area contributed by atoms with Crippen LogP contribution in [0.25, 0.3) is 11.6 Å². The zero-order valence-corrected chi connectivity index (χ0v) is 27.1. The molecule has 2 heterocycles. The smallest absolute Gasteiger partial charge is 0.309 e. The lowest BCUT2D eigenvalue weighted by Gasteiger charge is -2.37. The number of halogens is 2. The maximum absolute atomic E-state index is 14.6. The Bertz CT molecular complexity index is 1630. The summed E-state index contributed by atoms with van der Waals surface area (Å²) in [4.78, 5) is 14.8. The predicted octanol–water partition coefficient (Wildman–Crippen LogP) is 7.38. The van der Waals surface area contributed by atoms with Crippen LogP contribution < -0.4 is 4.31 Å². The molecule has 3 aromatic rings. The minimum Gasteiger partial charge on any atom is -0.466 e. The number of fused-ring (bicyclic) bond motifs is 1. The lowest BCUT2D eigenvalue weighted by Crippen LogP contribution is -2.42. The molecular formula is C35H40ClFN2O4S. The third kappa shape index (κ3) is 7.19. The monoisotopic (exact) mass is 638 g/mol. The molecule has 0 saturated carbocycles. The van der Waals surface area contributed by atoms with E-state index in [0.717, 1.165) is 62.0 Å². The molecule has 9 heteroatoms. The van der Waals surface area contributed by atoms with Gasteiger partial charge in [0.15, 0.2) is 0 Å². The van der Waals surface area contributed by atoms with E-state index in [2.05, 4.69) is 4.90 Å². The number of carbonyl (C=O) groups is 1. The van der Waals surface area contributed by atoms with E-state index >= 15 is 0 Å². The van der Waals surface area contributed by atoms with Crippen LogP contribution in [0, 0.1) is 24.6 Å². The Morgan fingerprint density at radius 1 is 1.09 bits per heavy atom. The molecule has 1 saturated heterocycles. The summed E-state index contributed by atoms with van der Waals surface area (Å²) in [5, 5.41) is 0.327. The SMILES string of the molecule is CCOC(=O)C1CCN(CC[C@@H]2Cc3ccc(/C=C(\C)c4c(F)cccc4Cl)cc3N(S(=O)(=O)c3cccc(C)c3)C2)CC1. The van der Waals surface area contributed by atoms with E-state index in [-0.39, 0.29) is 22.7 Å². The van der Waals surface area contributed by atoms with Gasteiger partial charge in [0.25, 0.3) is 10.0 Å². The summed E-state index contributed by atoms with van der Waals surface area (Å²) < 4.78 is 49.7. The van der Waals surface area contributed by atoms with Crippen LogP contribution in [0.4, 0.5) is 10.1 Å². The highest BCUT2D eigenvalue weighted by atomic mass is 35.5. The second-order valence-corrected chi connectivity index (χ2v) is 14.2. The van der Waals surface area contributed by atoms with Gasteiger partial charge in [-0.25, -0.2) is 12.8 Å². The molecule has 6 nitrogen and oxygen atoms in total. The molecule has 0 amide bonds. The van der Waals surface area contributed by atoms with Crippen molar-refractivity contribution < 1.29 is 22.3 Å². The number of hydrogen-bond donors (Lipinski definition) is 0. The fraction of sp³-hybridized carbons (Fsp3) is 0.400. The zero-order valence-electron chi connectivity index (χ0n) is 25.6. The molecule has 0 aliphatic carbocycles. The quantitative estimate of drug-likeness (QED) is 0.181. The second kappa shape index (κ2) is 13.8. The molecule has 0 unspecified atom stereocenters. The van der Waals surface area contributed by atoms with E-state index in [1.165, 1.54) is 6.07 Å². The van der Waals surface area contributed by atoms with Crippen molar-refractivity contribution in [1.82, 2.24) is 4.90 Å². The van der Waals surface area contributed by atoms with Gasteiger partial charge in [0.2, 0.25) is 0 Å². The van der Waals surface area contributed by atoms with E-state index < -0.39 is 15.8 Å². The number of ether oxygens (including phenoxy) is 1. The van der Waals surface area contributed by atoms with Crippen molar-refractivity contribution in [2.75, 3.05) is 37.1 Å². The van der Waals surface area contributed by atoms with Crippen molar-refractivity contribution in [2.45, 2.75) is 51.3 Å². The Morgan fingerprint density at radius 3 is 2.55 bits per heavy atom. The van der Waals surface area contributed by atoms with Crippen molar-refractivity contribution in [3.8, 4) is 0 Å². The van der Waals surface area contributed by atoms with Gasteiger partial charge in [0.05, 0.1) is 28.1 Å². The summed E-state index contributed by atoms with van der Waals surface area (Å²) in [7, 11) is -3.84. The van der Waals surface area contributed by atoms with Crippen LogP contribution in [-0.4, -0.2) is 52.1 Å². The third-order valence-electron chi connectivity index (χ3n) is 8.69. The lowest BCUT2D eigenvalue weighted by atomic mass is 9.89. The molecule has 1 atom stereocenters. The molecule has 2 aliphatic heterocycles. The largest absolute Gasteiger partial charge is 0.466 e. The van der Waals surface area contributed by atoms with Gasteiger partial charge in [-0.15, -0.1) is 0 Å². The van der Waals surface area contributed by atoms with Gasteiger partial charge < -0.3 is 9.64 Å². The minimum atomic E-state index is -3.84. The first-order chi connectivity index (χ1) is 21.1. The molecule has 0 bridgehead atoms. The summed E-state index contributed by atoms with van der Waals surface area (Å²) in [5.41, 5.74) is 4.26. The number of rotatable bonds is 9. The normalized spacial score (nSPS) is 18.2. The fourth-order valence-corrected chi connectivity index (χ4v) is 8.31. The number of piperidine rings is 1. The maximum Gasteiger partial charge on any atom is 0.309 e. The summed E-state index contributed by atoms with van der Waals surface area (Å²) in [6.45, 7) is 8.80. The first-order valence-corrected chi connectivity index (χ1v) is 17.1. The van der Waals surface area contributed by atoms with Gasteiger partial charge in [-0.1, -0.05) is 48.0 Å². The Morgan fingerprint density at radius 2 is 1.84 bits per heavy atom. The number of allylic oxidation sites excluding steroid dienone is 1. The number of sulfonamides is 1. The first-order valence-electron chi connectivity index (χ1n) is 15.3. The van der Waals surface area contributed by atoms with Crippen LogP contribution in [0.1, 0.15) is 55.4 Å². The van der Waals surface area contributed by atoms with E-state index in [0.29, 0.717) is 35.0 Å². The van der Waals surface area contributed by atoms with Crippen LogP contribution in [-0.2, 0) is 26.0 Å². The molecule has 3 aromatic carbocycles. The molecule has 5 rings (SSSR count). The number of nitrogens with zero attached hydrogens (tertiary/aromatic N) is 2. The van der Waals surface area contributed by atoms with Crippen LogP contribution in [0.3, 0.4) is 0 Å². The number of aryl methyl sites for hydroxylation is 1. The van der Waals surface area contributed by atoms with Gasteiger partial charge >= 0.3 is 5.97 Å². The molecule has 44 heavy (non-hydrogen) atoms. The molecule has 2 aliphatic rings. The number of anilines is 1. The van der Waals surface area contributed by atoms with Crippen molar-refractivity contribution in [3.05, 3.63) is 93.8 Å². The maximum atomic E-state index is 14.6. The van der Waals surface area contributed by atoms with Crippen molar-refractivity contribution in [2.24, 2.45) is 11.8 Å². The zero-order chi connectivity index (χ0) is 31.4. The fourth-order valence-electron chi connectivity index (χ4n) is 6.32. The Kier molecular flexibility index (Phi) is 10.1. The lowest BCUT2D eigenvalue weighted by molar-refractivity contribution is -0.149. The number of esters is 1. The summed E-state index contributed by atoms with van der Waals surface area (Å²) in [6.07, 6.45) is 5.02. The molecule has 234 valence electrons. The molecule has 1 fully saturated rings. The van der Waals surface area contributed by atoms with Gasteiger partial charge in [-0.05, 0) is 125 Å². The van der Waals surface area contributed by atoms with Crippen LogP contribution >= 0.6 is 11.6 Å². The summed E-state index contributed by atoms with van der Waals surface area (Å²) in [6, 6.07) is 17.5. The minimum absolute atomic E-state index is 0.0380. The van der Waals surface area contributed by atoms with Gasteiger partial charge in [-0.2, -0.15) is 0 Å². The highest BCUT2D eigenvalue weighted by Gasteiger charge is 2.34. The molecule has 0 radical (unpaired) electrons. The van der Waals surface area contributed by atoms with E-state index in [9.17, 15) is 17.6 Å². The number of hydrogen-bond acceptors (Lipinski definition) is 5. The van der Waals surface area contributed by atoms with Crippen molar-refractivity contribution in [3.63, 3.8) is 0 Å². The highest BCUT2D eigenvalue weighted by Crippen LogP contribution is 2.37. The predicted molar refractivity (Wildman–Crippen MR) is 175 cm³/mol. The highest BCUT2D eigenvalue weighted by molar-refractivity contribution is 7.92. The number of likely N-dealkylation sites (tertiary alicyclic amines) is 1. The van der Waals surface area contributed by atoms with Crippen LogP contribution in [0.2, 0.25) is 5.02 Å². The van der Waals surface area contributed by atoms with Crippen molar-refractivity contribution >= 4 is 44.9 Å². The number of carbonyl (C=O) groups excluding carboxylic acids is 1. The topological polar surface area (TPSA) is 66.9 Å². The van der Waals surface area contributed by atoms with E-state index in [1.807, 2.05) is 44.2 Å². The standard InChI is InChI=1S/C35H40ClFN2O4S/c1-4-43-35(40)28-14-17-38(18-15-28)16-13-27-21-29-12-11-26(20-25(3)34-31(36)9-6-10-32(34)37)22-33(29)39(23-27)44(41,42)30-8-5-7-24(2)19-30/h5-12,19-20,22,27-28H,4,13-18,21,23H2,1-3H3/b25-20+/t27-/m1/s1. The van der Waals surface area contributed by atoms with E-state index in [4.69, 9.17) is 16.3 Å². The third-order valence-corrected chi connectivity index (χ3v) is 10.8.